The maximum atomic E-state index is 10.8. The summed E-state index contributed by atoms with van der Waals surface area (Å²) in [4.78, 5) is 17.5. The Kier molecular flexibility index (Phi) is 7.87. The quantitative estimate of drug-likeness (QED) is 0.446. The number of hydrogen-bond acceptors (Lipinski definition) is 5. The molecule has 0 aliphatic carbocycles. The molecule has 1 heterocycles. The molecule has 8 heteroatoms. The molecule has 8 nitrogen and oxygen atoms in total. The van der Waals surface area contributed by atoms with Gasteiger partial charge in [-0.1, -0.05) is 12.1 Å². The van der Waals surface area contributed by atoms with Gasteiger partial charge >= 0.3 is 0 Å². The molecule has 1 amide bonds. The highest BCUT2D eigenvalue weighted by Crippen LogP contribution is 2.15. The number of carbonyl (C=O) groups excluding carboxylic acids is 1. The highest BCUT2D eigenvalue weighted by atomic mass is 16.5. The first-order chi connectivity index (χ1) is 12.9. The van der Waals surface area contributed by atoms with Crippen LogP contribution in [-0.4, -0.2) is 68.8 Å². The zero-order valence-electron chi connectivity index (χ0n) is 16.5. The van der Waals surface area contributed by atoms with Crippen molar-refractivity contribution in [2.75, 3.05) is 46.5 Å². The van der Waals surface area contributed by atoms with Crippen molar-refractivity contribution in [3.05, 3.63) is 29.8 Å². The SMILES string of the molecule is CN=C(NCc1cccc(OCC(N)=O)c1)NCC(C)(C)N1CCOCC1. The maximum Gasteiger partial charge on any atom is 0.255 e. The molecule has 150 valence electrons. The topological polar surface area (TPSA) is 101 Å². The first-order valence-corrected chi connectivity index (χ1v) is 9.18. The lowest BCUT2D eigenvalue weighted by atomic mass is 10.0. The van der Waals surface area contributed by atoms with Crippen LogP contribution in [0.4, 0.5) is 0 Å². The molecule has 0 aromatic heterocycles. The summed E-state index contributed by atoms with van der Waals surface area (Å²) >= 11 is 0. The third-order valence-corrected chi connectivity index (χ3v) is 4.52. The van der Waals surface area contributed by atoms with Crippen molar-refractivity contribution in [2.24, 2.45) is 10.7 Å². The van der Waals surface area contributed by atoms with Gasteiger partial charge in [0, 0.05) is 38.8 Å². The van der Waals surface area contributed by atoms with Crippen LogP contribution in [0, 0.1) is 0 Å². The molecule has 1 aliphatic heterocycles. The molecule has 1 fully saturated rings. The fourth-order valence-electron chi connectivity index (χ4n) is 2.89. The van der Waals surface area contributed by atoms with Crippen molar-refractivity contribution in [2.45, 2.75) is 25.9 Å². The van der Waals surface area contributed by atoms with Crippen molar-refractivity contribution in [1.29, 1.82) is 0 Å². The maximum absolute atomic E-state index is 10.8. The normalized spacial score (nSPS) is 16.0. The molecule has 0 radical (unpaired) electrons. The number of amides is 1. The number of nitrogens with zero attached hydrogens (tertiary/aromatic N) is 2. The second-order valence-electron chi connectivity index (χ2n) is 7.09. The van der Waals surface area contributed by atoms with Gasteiger partial charge in [0.1, 0.15) is 5.75 Å². The number of morpholine rings is 1. The number of aliphatic imine (C=N–C) groups is 1. The van der Waals surface area contributed by atoms with Gasteiger partial charge in [0.25, 0.3) is 5.91 Å². The molecule has 4 N–H and O–H groups in total. The van der Waals surface area contributed by atoms with Gasteiger partial charge in [0.15, 0.2) is 12.6 Å². The third-order valence-electron chi connectivity index (χ3n) is 4.52. The van der Waals surface area contributed by atoms with Gasteiger partial charge < -0.3 is 25.8 Å². The van der Waals surface area contributed by atoms with E-state index in [2.05, 4.69) is 34.4 Å². The molecule has 1 saturated heterocycles. The zero-order valence-corrected chi connectivity index (χ0v) is 16.5. The highest BCUT2D eigenvalue weighted by molar-refractivity contribution is 5.79. The number of nitrogens with one attached hydrogen (secondary N) is 2. The summed E-state index contributed by atoms with van der Waals surface area (Å²) < 4.78 is 10.8. The highest BCUT2D eigenvalue weighted by Gasteiger charge is 2.28. The lowest BCUT2D eigenvalue weighted by molar-refractivity contribution is -0.119. The van der Waals surface area contributed by atoms with E-state index in [1.807, 2.05) is 18.2 Å². The number of carbonyl (C=O) groups is 1. The number of nitrogens with two attached hydrogens (primary N) is 1. The summed E-state index contributed by atoms with van der Waals surface area (Å²) in [6, 6.07) is 7.53. The molecule has 2 rings (SSSR count). The first-order valence-electron chi connectivity index (χ1n) is 9.18. The molecule has 27 heavy (non-hydrogen) atoms. The molecule has 1 aromatic rings. The van der Waals surface area contributed by atoms with E-state index in [9.17, 15) is 4.79 Å². The van der Waals surface area contributed by atoms with E-state index in [-0.39, 0.29) is 12.1 Å². The summed E-state index contributed by atoms with van der Waals surface area (Å²) in [5.41, 5.74) is 6.13. The Bertz CT molecular complexity index is 642. The predicted molar refractivity (Wildman–Crippen MR) is 106 cm³/mol. The molecule has 0 bridgehead atoms. The van der Waals surface area contributed by atoms with E-state index in [4.69, 9.17) is 15.2 Å². The summed E-state index contributed by atoms with van der Waals surface area (Å²) in [6.07, 6.45) is 0. The minimum absolute atomic E-state index is 0.00389. The third kappa shape index (κ3) is 7.07. The summed E-state index contributed by atoms with van der Waals surface area (Å²) in [5.74, 6) is 0.857. The zero-order chi connectivity index (χ0) is 19.7. The van der Waals surface area contributed by atoms with Crippen LogP contribution in [0.15, 0.2) is 29.3 Å². The van der Waals surface area contributed by atoms with Crippen LogP contribution in [0.2, 0.25) is 0 Å². The lowest BCUT2D eigenvalue weighted by Gasteiger charge is -2.41. The van der Waals surface area contributed by atoms with Crippen LogP contribution in [-0.2, 0) is 16.1 Å². The van der Waals surface area contributed by atoms with Crippen LogP contribution >= 0.6 is 0 Å². The van der Waals surface area contributed by atoms with Gasteiger partial charge in [-0.15, -0.1) is 0 Å². The molecule has 0 atom stereocenters. The fourth-order valence-corrected chi connectivity index (χ4v) is 2.89. The molecule has 0 saturated carbocycles. The Morgan fingerprint density at radius 2 is 2.07 bits per heavy atom. The summed E-state index contributed by atoms with van der Waals surface area (Å²) in [5, 5.41) is 6.70. The van der Waals surface area contributed by atoms with Gasteiger partial charge in [-0.3, -0.25) is 14.7 Å². The Labute approximate surface area is 161 Å². The summed E-state index contributed by atoms with van der Waals surface area (Å²) in [7, 11) is 1.75. The number of benzene rings is 1. The van der Waals surface area contributed by atoms with E-state index in [0.29, 0.717) is 12.3 Å². The van der Waals surface area contributed by atoms with Crippen molar-refractivity contribution in [1.82, 2.24) is 15.5 Å². The van der Waals surface area contributed by atoms with E-state index in [0.717, 1.165) is 44.4 Å². The van der Waals surface area contributed by atoms with Gasteiger partial charge in [0.05, 0.1) is 13.2 Å². The van der Waals surface area contributed by atoms with E-state index < -0.39 is 5.91 Å². The second-order valence-corrected chi connectivity index (χ2v) is 7.09. The average Bonchev–Trinajstić information content (AvgIpc) is 2.67. The molecule has 1 aliphatic rings. The van der Waals surface area contributed by atoms with E-state index in [1.165, 1.54) is 0 Å². The van der Waals surface area contributed by atoms with Gasteiger partial charge in [-0.05, 0) is 31.5 Å². The van der Waals surface area contributed by atoms with Crippen molar-refractivity contribution in [3.63, 3.8) is 0 Å². The molecule has 0 spiro atoms. The molecule has 0 unspecified atom stereocenters. The van der Waals surface area contributed by atoms with Crippen LogP contribution in [0.25, 0.3) is 0 Å². The van der Waals surface area contributed by atoms with Crippen LogP contribution in [0.5, 0.6) is 5.75 Å². The predicted octanol–water partition coefficient (Wildman–Crippen LogP) is 0.327. The van der Waals surface area contributed by atoms with Gasteiger partial charge in [0.2, 0.25) is 0 Å². The Morgan fingerprint density at radius 3 is 2.74 bits per heavy atom. The van der Waals surface area contributed by atoms with Crippen LogP contribution in [0.3, 0.4) is 0 Å². The number of primary amides is 1. The van der Waals surface area contributed by atoms with Crippen LogP contribution < -0.4 is 21.1 Å². The first kappa shape index (κ1) is 21.0. The number of hydrogen-bond donors (Lipinski definition) is 3. The summed E-state index contributed by atoms with van der Waals surface area (Å²) in [6.45, 7) is 9.12. The van der Waals surface area contributed by atoms with Gasteiger partial charge in [-0.2, -0.15) is 0 Å². The number of rotatable bonds is 8. The number of guanidine groups is 1. The van der Waals surface area contributed by atoms with Crippen LogP contribution in [0.1, 0.15) is 19.4 Å². The fraction of sp³-hybridized carbons (Fsp3) is 0.579. The Hall–Kier alpha value is -2.32. The molecule has 1 aromatic carbocycles. The van der Waals surface area contributed by atoms with Crippen molar-refractivity contribution < 1.29 is 14.3 Å². The Morgan fingerprint density at radius 1 is 1.33 bits per heavy atom. The standard InChI is InChI=1S/C19H31N5O3/c1-19(2,24-7-9-26-10-8-24)14-23-18(21-3)22-12-15-5-4-6-16(11-15)27-13-17(20)25/h4-6,11H,7-10,12-14H2,1-3H3,(H2,20,25)(H2,21,22,23). The Balaban J connectivity index is 1.83. The van der Waals surface area contributed by atoms with E-state index >= 15 is 0 Å². The van der Waals surface area contributed by atoms with Gasteiger partial charge in [-0.25, -0.2) is 0 Å². The lowest BCUT2D eigenvalue weighted by Crippen LogP contribution is -2.56. The smallest absolute Gasteiger partial charge is 0.255 e. The monoisotopic (exact) mass is 377 g/mol. The van der Waals surface area contributed by atoms with Crippen molar-refractivity contribution in [3.8, 4) is 5.75 Å². The molecular formula is C19H31N5O3. The largest absolute Gasteiger partial charge is 0.484 e. The average molecular weight is 377 g/mol. The second kappa shape index (κ2) is 10.1. The van der Waals surface area contributed by atoms with E-state index in [1.54, 1.807) is 13.1 Å². The number of ether oxygens (including phenoxy) is 2. The molecular weight excluding hydrogens is 346 g/mol. The minimum atomic E-state index is -0.494. The minimum Gasteiger partial charge on any atom is -0.484 e. The van der Waals surface area contributed by atoms with Crippen molar-refractivity contribution >= 4 is 11.9 Å².